The fourth-order valence-corrected chi connectivity index (χ4v) is 4.41. The van der Waals surface area contributed by atoms with Crippen LogP contribution in [0.5, 0.6) is 0 Å². The maximum Gasteiger partial charge on any atom is 0.236 e. The number of carbonyl (C=O) groups excluding carboxylic acids is 1. The van der Waals surface area contributed by atoms with E-state index in [1.165, 1.54) is 32.1 Å². The van der Waals surface area contributed by atoms with Gasteiger partial charge in [0.05, 0.1) is 19.8 Å². The van der Waals surface area contributed by atoms with Crippen molar-refractivity contribution in [3.8, 4) is 0 Å². The van der Waals surface area contributed by atoms with Crippen molar-refractivity contribution in [3.05, 3.63) is 0 Å². The van der Waals surface area contributed by atoms with E-state index in [1.54, 1.807) is 0 Å². The standard InChI is InChI=1S/C19H34N2O3/c1-16(2)14-17-6-4-3-5-9-21(17)15-18(22)20-10-7-19(8-11-20)23-12-13-24-19/h16-17H,3-15H2,1-2H3. The van der Waals surface area contributed by atoms with Crippen LogP contribution in [0.15, 0.2) is 0 Å². The van der Waals surface area contributed by atoms with E-state index in [0.717, 1.165) is 32.5 Å². The van der Waals surface area contributed by atoms with Gasteiger partial charge in [0.2, 0.25) is 5.91 Å². The minimum atomic E-state index is -0.389. The molecule has 3 fully saturated rings. The van der Waals surface area contributed by atoms with E-state index in [2.05, 4.69) is 18.7 Å². The highest BCUT2D eigenvalue weighted by molar-refractivity contribution is 5.78. The SMILES string of the molecule is CC(C)CC1CCCCCN1CC(=O)N1CCC2(CC1)OCCO2. The first-order valence-corrected chi connectivity index (χ1v) is 9.88. The van der Waals surface area contributed by atoms with Crippen molar-refractivity contribution in [1.29, 1.82) is 0 Å². The Kier molecular flexibility index (Phi) is 6.17. The van der Waals surface area contributed by atoms with Crippen molar-refractivity contribution >= 4 is 5.91 Å². The van der Waals surface area contributed by atoms with Crippen molar-refractivity contribution < 1.29 is 14.3 Å². The highest BCUT2D eigenvalue weighted by Gasteiger charge is 2.41. The maximum absolute atomic E-state index is 12.8. The number of rotatable bonds is 4. The number of piperidine rings is 1. The molecule has 0 N–H and O–H groups in total. The molecular formula is C19H34N2O3. The number of amides is 1. The van der Waals surface area contributed by atoms with Crippen LogP contribution >= 0.6 is 0 Å². The first-order chi connectivity index (χ1) is 11.6. The molecule has 24 heavy (non-hydrogen) atoms. The molecule has 1 unspecified atom stereocenters. The smallest absolute Gasteiger partial charge is 0.236 e. The zero-order valence-electron chi connectivity index (χ0n) is 15.5. The molecular weight excluding hydrogens is 304 g/mol. The van der Waals surface area contributed by atoms with Crippen molar-refractivity contribution in [1.82, 2.24) is 9.80 Å². The molecule has 5 heteroatoms. The normalized spacial score (nSPS) is 28.5. The van der Waals surface area contributed by atoms with E-state index in [-0.39, 0.29) is 5.79 Å². The zero-order chi connectivity index (χ0) is 17.0. The van der Waals surface area contributed by atoms with Gasteiger partial charge in [-0.2, -0.15) is 0 Å². The molecule has 0 saturated carbocycles. The molecule has 3 heterocycles. The predicted octanol–water partition coefficient (Wildman–Crippen LogP) is 2.64. The van der Waals surface area contributed by atoms with Gasteiger partial charge >= 0.3 is 0 Å². The molecule has 5 nitrogen and oxygen atoms in total. The largest absolute Gasteiger partial charge is 0.347 e. The predicted molar refractivity (Wildman–Crippen MR) is 93.7 cm³/mol. The topological polar surface area (TPSA) is 42.0 Å². The van der Waals surface area contributed by atoms with E-state index in [1.807, 2.05) is 4.90 Å². The third kappa shape index (κ3) is 4.50. The summed E-state index contributed by atoms with van der Waals surface area (Å²) in [6, 6.07) is 0.578. The van der Waals surface area contributed by atoms with Crippen LogP contribution in [0.2, 0.25) is 0 Å². The monoisotopic (exact) mass is 338 g/mol. The van der Waals surface area contributed by atoms with Gasteiger partial charge in [0.25, 0.3) is 0 Å². The lowest BCUT2D eigenvalue weighted by atomic mass is 9.98. The van der Waals surface area contributed by atoms with E-state index in [9.17, 15) is 4.79 Å². The second kappa shape index (κ2) is 8.15. The average molecular weight is 338 g/mol. The Labute approximate surface area is 146 Å². The van der Waals surface area contributed by atoms with Gasteiger partial charge in [-0.3, -0.25) is 9.69 Å². The van der Waals surface area contributed by atoms with Crippen molar-refractivity contribution in [2.75, 3.05) is 39.4 Å². The minimum Gasteiger partial charge on any atom is -0.347 e. The Balaban J connectivity index is 1.52. The minimum absolute atomic E-state index is 0.290. The summed E-state index contributed by atoms with van der Waals surface area (Å²) in [5.41, 5.74) is 0. The van der Waals surface area contributed by atoms with Gasteiger partial charge in [-0.25, -0.2) is 0 Å². The van der Waals surface area contributed by atoms with E-state index >= 15 is 0 Å². The average Bonchev–Trinajstić information content (AvgIpc) is 2.90. The van der Waals surface area contributed by atoms with Crippen LogP contribution < -0.4 is 0 Å². The molecule has 3 saturated heterocycles. The molecule has 3 aliphatic rings. The van der Waals surface area contributed by atoms with Crippen LogP contribution in [-0.2, 0) is 14.3 Å². The molecule has 1 amide bonds. The Morgan fingerprint density at radius 2 is 1.79 bits per heavy atom. The molecule has 3 aliphatic heterocycles. The Bertz CT molecular complexity index is 411. The van der Waals surface area contributed by atoms with Crippen LogP contribution in [0.4, 0.5) is 0 Å². The van der Waals surface area contributed by atoms with Gasteiger partial charge < -0.3 is 14.4 Å². The molecule has 1 spiro atoms. The first-order valence-electron chi connectivity index (χ1n) is 9.88. The van der Waals surface area contributed by atoms with Gasteiger partial charge in [-0.1, -0.05) is 26.7 Å². The Hall–Kier alpha value is -0.650. The highest BCUT2D eigenvalue weighted by atomic mass is 16.7. The highest BCUT2D eigenvalue weighted by Crippen LogP contribution is 2.31. The molecule has 0 bridgehead atoms. The third-order valence-electron chi connectivity index (χ3n) is 5.77. The van der Waals surface area contributed by atoms with Crippen LogP contribution in [0.25, 0.3) is 0 Å². The second-order valence-corrected chi connectivity index (χ2v) is 8.09. The van der Waals surface area contributed by atoms with E-state index in [4.69, 9.17) is 9.47 Å². The zero-order valence-corrected chi connectivity index (χ0v) is 15.5. The number of likely N-dealkylation sites (tertiary alicyclic amines) is 2. The Morgan fingerprint density at radius 1 is 1.08 bits per heavy atom. The summed E-state index contributed by atoms with van der Waals surface area (Å²) in [4.78, 5) is 17.3. The number of hydrogen-bond donors (Lipinski definition) is 0. The van der Waals surface area contributed by atoms with Gasteiger partial charge in [0.1, 0.15) is 0 Å². The molecule has 0 aromatic rings. The number of nitrogens with zero attached hydrogens (tertiary/aromatic N) is 2. The summed E-state index contributed by atoms with van der Waals surface area (Å²) in [6.07, 6.45) is 7.92. The fourth-order valence-electron chi connectivity index (χ4n) is 4.41. The van der Waals surface area contributed by atoms with Gasteiger partial charge in [-0.15, -0.1) is 0 Å². The molecule has 1 atom stereocenters. The molecule has 0 aromatic heterocycles. The Morgan fingerprint density at radius 3 is 2.46 bits per heavy atom. The quantitative estimate of drug-likeness (QED) is 0.790. The van der Waals surface area contributed by atoms with Crippen molar-refractivity contribution in [3.63, 3.8) is 0 Å². The van der Waals surface area contributed by atoms with Crippen LogP contribution in [0.1, 0.15) is 58.8 Å². The summed E-state index contributed by atoms with van der Waals surface area (Å²) in [5, 5.41) is 0. The van der Waals surface area contributed by atoms with Crippen LogP contribution in [0.3, 0.4) is 0 Å². The number of carbonyl (C=O) groups is 1. The molecule has 138 valence electrons. The number of ether oxygens (including phenoxy) is 2. The van der Waals surface area contributed by atoms with Crippen LogP contribution in [0, 0.1) is 5.92 Å². The van der Waals surface area contributed by atoms with Crippen molar-refractivity contribution in [2.45, 2.75) is 70.6 Å². The summed E-state index contributed by atoms with van der Waals surface area (Å²) in [5.74, 6) is 0.593. The third-order valence-corrected chi connectivity index (χ3v) is 5.77. The van der Waals surface area contributed by atoms with Gasteiger partial charge in [-0.05, 0) is 31.7 Å². The summed E-state index contributed by atoms with van der Waals surface area (Å²) in [7, 11) is 0. The van der Waals surface area contributed by atoms with Gasteiger partial charge in [0.15, 0.2) is 5.79 Å². The maximum atomic E-state index is 12.8. The summed E-state index contributed by atoms with van der Waals surface area (Å²) in [6.45, 7) is 9.16. The van der Waals surface area contributed by atoms with E-state index in [0.29, 0.717) is 37.6 Å². The molecule has 3 rings (SSSR count). The summed E-state index contributed by atoms with van der Waals surface area (Å²) >= 11 is 0. The fraction of sp³-hybridized carbons (Fsp3) is 0.947. The van der Waals surface area contributed by atoms with Crippen molar-refractivity contribution in [2.24, 2.45) is 5.92 Å². The lowest BCUT2D eigenvalue weighted by Gasteiger charge is -2.39. The first kappa shape index (κ1) is 18.2. The number of hydrogen-bond acceptors (Lipinski definition) is 4. The lowest BCUT2D eigenvalue weighted by molar-refractivity contribution is -0.187. The molecule has 0 radical (unpaired) electrons. The summed E-state index contributed by atoms with van der Waals surface area (Å²) < 4.78 is 11.5. The van der Waals surface area contributed by atoms with E-state index < -0.39 is 0 Å². The second-order valence-electron chi connectivity index (χ2n) is 8.09. The lowest BCUT2D eigenvalue weighted by Crippen LogP contribution is -2.51. The van der Waals surface area contributed by atoms with Gasteiger partial charge in [0, 0.05) is 32.0 Å². The van der Waals surface area contributed by atoms with Crippen LogP contribution in [-0.4, -0.2) is 66.9 Å². The molecule has 0 aliphatic carbocycles. The molecule has 0 aromatic carbocycles.